The van der Waals surface area contributed by atoms with Gasteiger partial charge in [0, 0.05) is 6.92 Å². The Hall–Kier alpha value is -0.810. The molecule has 0 fully saturated rings. The maximum absolute atomic E-state index is 11.0. The third kappa shape index (κ3) is 3.60. The molecule has 2 rings (SSSR count). The average Bonchev–Trinajstić information content (AvgIpc) is 2.75. The molecule has 0 radical (unpaired) electrons. The molecule has 19 heavy (non-hydrogen) atoms. The first-order valence-electron chi connectivity index (χ1n) is 6.84. The van der Waals surface area contributed by atoms with Crippen LogP contribution in [0.15, 0.2) is 17.1 Å². The highest BCUT2D eigenvalue weighted by Gasteiger charge is 2.46. The van der Waals surface area contributed by atoms with Crippen LogP contribution in [-0.2, 0) is 14.3 Å². The number of carbonyl (C=O) groups is 1. The number of thioether (sulfide) groups is 1. The summed E-state index contributed by atoms with van der Waals surface area (Å²) in [6.45, 7) is 4.50. The summed E-state index contributed by atoms with van der Waals surface area (Å²) in [7, 11) is 0. The summed E-state index contributed by atoms with van der Waals surface area (Å²) >= 11 is 1.68. The molecule has 0 aromatic heterocycles. The van der Waals surface area contributed by atoms with E-state index in [2.05, 4.69) is 6.92 Å². The van der Waals surface area contributed by atoms with Crippen LogP contribution in [-0.4, -0.2) is 35.2 Å². The lowest BCUT2D eigenvalue weighted by molar-refractivity contribution is -0.143. The van der Waals surface area contributed by atoms with E-state index in [9.17, 15) is 4.79 Å². The van der Waals surface area contributed by atoms with Crippen LogP contribution >= 0.6 is 11.8 Å². The zero-order valence-electron chi connectivity index (χ0n) is 11.6. The number of rotatable bonds is 6. The number of nitrogens with zero attached hydrogens (tertiary/aromatic N) is 1. The third-order valence-corrected chi connectivity index (χ3v) is 4.56. The molecule has 0 N–H and O–H groups in total. The van der Waals surface area contributed by atoms with Crippen LogP contribution in [0.1, 0.15) is 39.5 Å². The molecule has 0 aliphatic carbocycles. The summed E-state index contributed by atoms with van der Waals surface area (Å²) in [6.07, 6.45) is 8.56. The van der Waals surface area contributed by atoms with Crippen molar-refractivity contribution in [3.05, 3.63) is 12.2 Å². The van der Waals surface area contributed by atoms with E-state index in [0.29, 0.717) is 6.61 Å². The van der Waals surface area contributed by atoms with Crippen LogP contribution in [0.2, 0.25) is 0 Å². The van der Waals surface area contributed by atoms with Crippen molar-refractivity contribution in [1.29, 1.82) is 0 Å². The molecule has 106 valence electrons. The molecule has 4 nitrogen and oxygen atoms in total. The Morgan fingerprint density at radius 2 is 2.47 bits per heavy atom. The first-order chi connectivity index (χ1) is 9.16. The molecule has 0 amide bonds. The highest BCUT2D eigenvalue weighted by molar-refractivity contribution is 8.14. The number of esters is 1. The van der Waals surface area contributed by atoms with E-state index in [1.165, 1.54) is 19.8 Å². The minimum atomic E-state index is -0.504. The number of aliphatic imine (C=N–C) groups is 1. The Balaban J connectivity index is 2.03. The molecular weight excluding hydrogens is 262 g/mol. The van der Waals surface area contributed by atoms with Crippen LogP contribution in [0.25, 0.3) is 0 Å². The van der Waals surface area contributed by atoms with Gasteiger partial charge >= 0.3 is 5.97 Å². The predicted molar refractivity (Wildman–Crippen MR) is 77.4 cm³/mol. The normalized spacial score (nSPS) is 28.9. The fraction of sp³-hybridized carbons (Fsp3) is 0.714. The molecule has 0 saturated carbocycles. The Morgan fingerprint density at radius 3 is 3.21 bits per heavy atom. The first-order valence-corrected chi connectivity index (χ1v) is 7.72. The number of ether oxygens (including phenoxy) is 2. The highest BCUT2D eigenvalue weighted by atomic mass is 32.2. The average molecular weight is 283 g/mol. The van der Waals surface area contributed by atoms with Gasteiger partial charge in [-0.3, -0.25) is 9.79 Å². The minimum absolute atomic E-state index is 0.0477. The molecule has 0 bridgehead atoms. The lowest BCUT2D eigenvalue weighted by atomic mass is 10.0. The Kier molecular flexibility index (Phi) is 5.05. The second-order valence-corrected chi connectivity index (χ2v) is 6.05. The van der Waals surface area contributed by atoms with Gasteiger partial charge in [-0.15, -0.1) is 0 Å². The van der Waals surface area contributed by atoms with E-state index in [1.54, 1.807) is 11.8 Å². The smallest absolute Gasteiger partial charge is 0.302 e. The maximum Gasteiger partial charge on any atom is 0.302 e. The fourth-order valence-electron chi connectivity index (χ4n) is 2.23. The predicted octanol–water partition coefficient (Wildman–Crippen LogP) is 2.93. The van der Waals surface area contributed by atoms with Gasteiger partial charge in [0.2, 0.25) is 0 Å². The number of carbonyl (C=O) groups excluding carboxylic acids is 1. The zero-order valence-corrected chi connectivity index (χ0v) is 12.4. The van der Waals surface area contributed by atoms with Crippen molar-refractivity contribution in [2.24, 2.45) is 4.99 Å². The van der Waals surface area contributed by atoms with E-state index in [-0.39, 0.29) is 18.0 Å². The molecular formula is C14H21NO3S. The van der Waals surface area contributed by atoms with Gasteiger partial charge in [0.25, 0.3) is 0 Å². The monoisotopic (exact) mass is 283 g/mol. The van der Waals surface area contributed by atoms with Crippen molar-refractivity contribution in [3.8, 4) is 0 Å². The Morgan fingerprint density at radius 1 is 1.63 bits per heavy atom. The van der Waals surface area contributed by atoms with E-state index in [4.69, 9.17) is 14.5 Å². The van der Waals surface area contributed by atoms with Crippen LogP contribution in [0.4, 0.5) is 0 Å². The lowest BCUT2D eigenvalue weighted by Gasteiger charge is -2.31. The van der Waals surface area contributed by atoms with Crippen LogP contribution < -0.4 is 0 Å². The van der Waals surface area contributed by atoms with Gasteiger partial charge in [-0.05, 0) is 12.8 Å². The van der Waals surface area contributed by atoms with Gasteiger partial charge in [0.15, 0.2) is 0 Å². The second kappa shape index (κ2) is 6.57. The van der Waals surface area contributed by atoms with E-state index in [0.717, 1.165) is 17.9 Å². The SMILES string of the molecule is CCCCCC1=NC2(COC(C)=O)C=CCOC2S1. The molecule has 0 spiro atoms. The summed E-state index contributed by atoms with van der Waals surface area (Å²) in [6, 6.07) is 0. The van der Waals surface area contributed by atoms with E-state index >= 15 is 0 Å². The lowest BCUT2D eigenvalue weighted by Crippen LogP contribution is -2.43. The number of hydrogen-bond donors (Lipinski definition) is 0. The van der Waals surface area contributed by atoms with Gasteiger partial charge in [0.05, 0.1) is 11.7 Å². The van der Waals surface area contributed by atoms with Gasteiger partial charge < -0.3 is 9.47 Å². The van der Waals surface area contributed by atoms with Gasteiger partial charge in [-0.2, -0.15) is 0 Å². The van der Waals surface area contributed by atoms with Gasteiger partial charge in [0.1, 0.15) is 17.6 Å². The van der Waals surface area contributed by atoms with Crippen LogP contribution in [0.5, 0.6) is 0 Å². The summed E-state index contributed by atoms with van der Waals surface area (Å²) in [5.74, 6) is -0.272. The minimum Gasteiger partial charge on any atom is -0.463 e. The number of hydrogen-bond acceptors (Lipinski definition) is 5. The Labute approximate surface area is 118 Å². The topological polar surface area (TPSA) is 47.9 Å². The van der Waals surface area contributed by atoms with Crippen molar-refractivity contribution in [2.75, 3.05) is 13.2 Å². The summed E-state index contributed by atoms with van der Waals surface area (Å²) in [5.41, 5.74) is -0.552. The number of unbranched alkanes of at least 4 members (excludes halogenated alkanes) is 2. The molecule has 2 heterocycles. The summed E-state index contributed by atoms with van der Waals surface area (Å²) in [5, 5.41) is 1.12. The molecule has 2 unspecified atom stereocenters. The zero-order chi connectivity index (χ0) is 13.7. The molecule has 2 aliphatic heterocycles. The largest absolute Gasteiger partial charge is 0.463 e. The standard InChI is InChI=1S/C14H21NO3S/c1-3-4-5-7-12-15-14(10-18-11(2)16)8-6-9-17-13(14)19-12/h6,8,13H,3-5,7,9-10H2,1-2H3. The molecule has 0 saturated heterocycles. The quantitative estimate of drug-likeness (QED) is 0.427. The van der Waals surface area contributed by atoms with E-state index < -0.39 is 5.54 Å². The fourth-order valence-corrected chi connectivity index (χ4v) is 3.51. The van der Waals surface area contributed by atoms with Gasteiger partial charge in [-0.1, -0.05) is 43.7 Å². The van der Waals surface area contributed by atoms with E-state index in [1.807, 2.05) is 12.2 Å². The van der Waals surface area contributed by atoms with Crippen molar-refractivity contribution in [1.82, 2.24) is 0 Å². The maximum atomic E-state index is 11.0. The highest BCUT2D eigenvalue weighted by Crippen LogP contribution is 2.41. The molecule has 2 aliphatic rings. The molecule has 0 aromatic carbocycles. The van der Waals surface area contributed by atoms with Crippen LogP contribution in [0, 0.1) is 0 Å². The first kappa shape index (κ1) is 14.6. The molecule has 2 atom stereocenters. The van der Waals surface area contributed by atoms with Crippen molar-refractivity contribution >= 4 is 22.8 Å². The molecule has 5 heteroatoms. The third-order valence-electron chi connectivity index (χ3n) is 3.24. The van der Waals surface area contributed by atoms with Crippen molar-refractivity contribution in [2.45, 2.75) is 50.5 Å². The Bertz CT molecular complexity index is 394. The van der Waals surface area contributed by atoms with Crippen LogP contribution in [0.3, 0.4) is 0 Å². The summed E-state index contributed by atoms with van der Waals surface area (Å²) in [4.78, 5) is 15.8. The van der Waals surface area contributed by atoms with Crippen molar-refractivity contribution in [3.63, 3.8) is 0 Å². The number of fused-ring (bicyclic) bond motifs is 1. The summed E-state index contributed by atoms with van der Waals surface area (Å²) < 4.78 is 10.9. The van der Waals surface area contributed by atoms with Gasteiger partial charge in [-0.25, -0.2) is 0 Å². The van der Waals surface area contributed by atoms with Crippen molar-refractivity contribution < 1.29 is 14.3 Å². The molecule has 0 aromatic rings. The second-order valence-electron chi connectivity index (χ2n) is 4.92.